The molecule has 0 radical (unpaired) electrons. The van der Waals surface area contributed by atoms with Crippen LogP contribution in [0.5, 0.6) is 5.75 Å². The van der Waals surface area contributed by atoms with Crippen molar-refractivity contribution in [2.24, 2.45) is 0 Å². The van der Waals surface area contributed by atoms with Crippen molar-refractivity contribution in [3.8, 4) is 5.75 Å². The molecule has 3 nitrogen and oxygen atoms in total. The fourth-order valence-corrected chi connectivity index (χ4v) is 2.05. The van der Waals surface area contributed by atoms with Gasteiger partial charge in [0.2, 0.25) is 0 Å². The molecule has 1 aromatic carbocycles. The molecule has 118 valence electrons. The van der Waals surface area contributed by atoms with E-state index in [0.29, 0.717) is 6.61 Å². The minimum Gasteiger partial charge on any atom is -0.493 e. The molecule has 0 saturated heterocycles. The summed E-state index contributed by atoms with van der Waals surface area (Å²) >= 11 is 0. The molecular weight excluding hydrogens is 264 g/mol. The third-order valence-electron chi connectivity index (χ3n) is 3.45. The van der Waals surface area contributed by atoms with Gasteiger partial charge in [0.25, 0.3) is 0 Å². The molecule has 0 N–H and O–H groups in total. The van der Waals surface area contributed by atoms with Crippen molar-refractivity contribution in [1.82, 2.24) is 0 Å². The molecule has 0 saturated carbocycles. The van der Waals surface area contributed by atoms with Crippen LogP contribution < -0.4 is 4.74 Å². The van der Waals surface area contributed by atoms with Crippen molar-refractivity contribution in [2.75, 3.05) is 13.7 Å². The van der Waals surface area contributed by atoms with Gasteiger partial charge in [-0.05, 0) is 28.0 Å². The zero-order valence-electron chi connectivity index (χ0n) is 14.4. The van der Waals surface area contributed by atoms with Crippen LogP contribution >= 0.6 is 0 Å². The average molecular weight is 292 g/mol. The monoisotopic (exact) mass is 292 g/mol. The molecule has 0 bridgehead atoms. The highest BCUT2D eigenvalue weighted by molar-refractivity contribution is 5.69. The summed E-state index contributed by atoms with van der Waals surface area (Å²) in [5.41, 5.74) is 2.54. The Balaban J connectivity index is 3.01. The Bertz CT molecular complexity index is 490. The van der Waals surface area contributed by atoms with Crippen molar-refractivity contribution in [3.63, 3.8) is 0 Å². The number of carbonyl (C=O) groups is 1. The number of esters is 1. The van der Waals surface area contributed by atoms with Crippen molar-refractivity contribution in [2.45, 2.75) is 58.8 Å². The highest BCUT2D eigenvalue weighted by atomic mass is 16.5. The third kappa shape index (κ3) is 5.07. The van der Waals surface area contributed by atoms with Crippen LogP contribution in [0, 0.1) is 0 Å². The van der Waals surface area contributed by atoms with Crippen molar-refractivity contribution in [1.29, 1.82) is 0 Å². The second-order valence-corrected chi connectivity index (χ2v) is 7.39. The first-order valence-corrected chi connectivity index (χ1v) is 7.40. The van der Waals surface area contributed by atoms with Crippen LogP contribution in [0.15, 0.2) is 18.2 Å². The lowest BCUT2D eigenvalue weighted by molar-refractivity contribution is -0.141. The van der Waals surface area contributed by atoms with Crippen LogP contribution in [0.2, 0.25) is 0 Å². The van der Waals surface area contributed by atoms with Gasteiger partial charge < -0.3 is 9.47 Å². The van der Waals surface area contributed by atoms with Crippen molar-refractivity contribution >= 4 is 5.97 Å². The lowest BCUT2D eigenvalue weighted by Gasteiger charge is -2.27. The zero-order chi connectivity index (χ0) is 16.3. The van der Waals surface area contributed by atoms with E-state index >= 15 is 0 Å². The largest absolute Gasteiger partial charge is 0.493 e. The van der Waals surface area contributed by atoms with E-state index in [4.69, 9.17) is 4.74 Å². The molecular formula is C18H28O3. The van der Waals surface area contributed by atoms with Gasteiger partial charge in [0, 0.05) is 0 Å². The first-order chi connectivity index (χ1) is 9.55. The first kappa shape index (κ1) is 17.5. The first-order valence-electron chi connectivity index (χ1n) is 7.40. The van der Waals surface area contributed by atoms with Crippen LogP contribution in [-0.4, -0.2) is 19.7 Å². The normalized spacial score (nSPS) is 12.1. The molecule has 21 heavy (non-hydrogen) atoms. The molecule has 0 unspecified atom stereocenters. The highest BCUT2D eigenvalue weighted by Gasteiger charge is 2.23. The van der Waals surface area contributed by atoms with E-state index in [9.17, 15) is 4.79 Å². The van der Waals surface area contributed by atoms with Gasteiger partial charge in [0.05, 0.1) is 20.1 Å². The Kier molecular flexibility index (Phi) is 5.43. The maximum atomic E-state index is 11.2. The van der Waals surface area contributed by atoms with E-state index in [0.717, 1.165) is 5.75 Å². The molecule has 1 aromatic rings. The van der Waals surface area contributed by atoms with Gasteiger partial charge in [0.1, 0.15) is 5.75 Å². The van der Waals surface area contributed by atoms with Crippen LogP contribution in [0.4, 0.5) is 0 Å². The molecule has 0 aliphatic heterocycles. The fourth-order valence-electron chi connectivity index (χ4n) is 2.05. The standard InChI is InChI=1S/C18H28O3/c1-17(2,3)13-8-9-15(14(12-13)18(4,5)6)21-11-10-16(19)20-7/h8-9,12H,10-11H2,1-7H3. The zero-order valence-corrected chi connectivity index (χ0v) is 14.4. The molecule has 0 fully saturated rings. The molecule has 3 heteroatoms. The van der Waals surface area contributed by atoms with E-state index in [-0.39, 0.29) is 23.2 Å². The van der Waals surface area contributed by atoms with Gasteiger partial charge >= 0.3 is 5.97 Å². The quantitative estimate of drug-likeness (QED) is 0.779. The second-order valence-electron chi connectivity index (χ2n) is 7.39. The van der Waals surface area contributed by atoms with Gasteiger partial charge in [-0.25, -0.2) is 0 Å². The Labute approximate surface area is 128 Å². The maximum Gasteiger partial charge on any atom is 0.308 e. The summed E-state index contributed by atoms with van der Waals surface area (Å²) in [7, 11) is 1.39. The maximum absolute atomic E-state index is 11.2. The van der Waals surface area contributed by atoms with E-state index in [1.54, 1.807) is 0 Å². The third-order valence-corrected chi connectivity index (χ3v) is 3.45. The summed E-state index contributed by atoms with van der Waals surface area (Å²) in [6.45, 7) is 13.4. The molecule has 0 aliphatic carbocycles. The van der Waals surface area contributed by atoms with Gasteiger partial charge in [-0.1, -0.05) is 53.7 Å². The fraction of sp³-hybridized carbons (Fsp3) is 0.611. The number of hydrogen-bond acceptors (Lipinski definition) is 3. The Hall–Kier alpha value is -1.51. The van der Waals surface area contributed by atoms with Crippen LogP contribution in [-0.2, 0) is 20.4 Å². The minimum absolute atomic E-state index is 0.0120. The Morgan fingerprint density at radius 3 is 2.14 bits per heavy atom. The SMILES string of the molecule is COC(=O)CCOc1ccc(C(C)(C)C)cc1C(C)(C)C. The predicted molar refractivity (Wildman–Crippen MR) is 86.0 cm³/mol. The van der Waals surface area contributed by atoms with Crippen molar-refractivity contribution in [3.05, 3.63) is 29.3 Å². The number of carbonyl (C=O) groups excluding carboxylic acids is 1. The van der Waals surface area contributed by atoms with Crippen LogP contribution in [0.3, 0.4) is 0 Å². The number of ether oxygens (including phenoxy) is 2. The lowest BCUT2D eigenvalue weighted by atomic mass is 9.80. The molecule has 0 atom stereocenters. The highest BCUT2D eigenvalue weighted by Crippen LogP contribution is 2.35. The topological polar surface area (TPSA) is 35.5 Å². The van der Waals surface area contributed by atoms with Crippen LogP contribution in [0.1, 0.15) is 59.1 Å². The molecule has 0 aliphatic rings. The van der Waals surface area contributed by atoms with Crippen molar-refractivity contribution < 1.29 is 14.3 Å². The minimum atomic E-state index is -0.251. The lowest BCUT2D eigenvalue weighted by Crippen LogP contribution is -2.18. The molecule has 0 aromatic heterocycles. The number of methoxy groups -OCH3 is 1. The summed E-state index contributed by atoms with van der Waals surface area (Å²) < 4.78 is 10.4. The molecule has 0 spiro atoms. The predicted octanol–water partition coefficient (Wildman–Crippen LogP) is 4.22. The summed E-state index contributed by atoms with van der Waals surface area (Å²) in [5.74, 6) is 0.595. The summed E-state index contributed by atoms with van der Waals surface area (Å²) in [6.07, 6.45) is 0.265. The molecule has 0 heterocycles. The van der Waals surface area contributed by atoms with E-state index in [2.05, 4.69) is 58.4 Å². The van der Waals surface area contributed by atoms with Gasteiger partial charge in [-0.2, -0.15) is 0 Å². The average Bonchev–Trinajstić information content (AvgIpc) is 2.36. The number of rotatable bonds is 4. The van der Waals surface area contributed by atoms with E-state index in [1.807, 2.05) is 6.07 Å². The van der Waals surface area contributed by atoms with Gasteiger partial charge in [-0.3, -0.25) is 4.79 Å². The van der Waals surface area contributed by atoms with E-state index in [1.165, 1.54) is 18.2 Å². The smallest absolute Gasteiger partial charge is 0.308 e. The number of hydrogen-bond donors (Lipinski definition) is 0. The van der Waals surface area contributed by atoms with Crippen LogP contribution in [0.25, 0.3) is 0 Å². The van der Waals surface area contributed by atoms with Gasteiger partial charge in [-0.15, -0.1) is 0 Å². The Morgan fingerprint density at radius 2 is 1.67 bits per heavy atom. The van der Waals surface area contributed by atoms with Gasteiger partial charge in [0.15, 0.2) is 0 Å². The number of benzene rings is 1. The summed E-state index contributed by atoms with van der Waals surface area (Å²) in [5, 5.41) is 0. The van der Waals surface area contributed by atoms with E-state index < -0.39 is 0 Å². The summed E-state index contributed by atoms with van der Waals surface area (Å²) in [6, 6.07) is 6.33. The Morgan fingerprint density at radius 1 is 1.05 bits per heavy atom. The molecule has 0 amide bonds. The molecule has 1 rings (SSSR count). The second kappa shape index (κ2) is 6.50. The summed E-state index contributed by atoms with van der Waals surface area (Å²) in [4.78, 5) is 11.2.